The summed E-state index contributed by atoms with van der Waals surface area (Å²) in [6.07, 6.45) is 2.60. The van der Waals surface area contributed by atoms with Gasteiger partial charge < -0.3 is 4.43 Å². The van der Waals surface area contributed by atoms with Gasteiger partial charge in [-0.05, 0) is 38.2 Å². The van der Waals surface area contributed by atoms with Gasteiger partial charge in [0, 0.05) is 17.1 Å². The van der Waals surface area contributed by atoms with E-state index in [-0.39, 0.29) is 15.8 Å². The third-order valence-electron chi connectivity index (χ3n) is 2.94. The zero-order valence-electron chi connectivity index (χ0n) is 15.5. The molecular weight excluding hydrogens is 320 g/mol. The van der Waals surface area contributed by atoms with E-state index < -0.39 is 8.32 Å². The van der Waals surface area contributed by atoms with Crippen LogP contribution in [-0.2, 0) is 9.22 Å². The van der Waals surface area contributed by atoms with Gasteiger partial charge in [-0.1, -0.05) is 62.9 Å². The van der Waals surface area contributed by atoms with Gasteiger partial charge in [0.25, 0.3) is 0 Å². The lowest BCUT2D eigenvalue weighted by molar-refractivity contribution is -0.111. The molecule has 0 radical (unpaired) electrons. The molecule has 23 heavy (non-hydrogen) atoms. The number of rotatable bonds is 6. The van der Waals surface area contributed by atoms with Crippen LogP contribution in [0.2, 0.25) is 19.6 Å². The molecule has 0 aromatic heterocycles. The standard InChI is InChI=1S/C19H30O2SSi/c1-15(21-23(5,6)7)13-17(16-11-9-8-10-12-16)14-18(20)22-19(2,3)4/h8-13,17H,14H2,1-7H3/t17-/m0/s1. The molecule has 0 bridgehead atoms. The topological polar surface area (TPSA) is 26.3 Å². The Balaban J connectivity index is 2.95. The highest BCUT2D eigenvalue weighted by atomic mass is 32.2. The van der Waals surface area contributed by atoms with Gasteiger partial charge in [0.2, 0.25) is 8.32 Å². The average molecular weight is 351 g/mol. The molecule has 2 nitrogen and oxygen atoms in total. The van der Waals surface area contributed by atoms with Crippen LogP contribution < -0.4 is 0 Å². The Kier molecular flexibility index (Phi) is 7.15. The van der Waals surface area contributed by atoms with E-state index in [2.05, 4.69) is 58.6 Å². The number of carbonyl (C=O) groups is 1. The molecule has 4 heteroatoms. The van der Waals surface area contributed by atoms with Gasteiger partial charge in [-0.15, -0.1) is 0 Å². The van der Waals surface area contributed by atoms with E-state index in [1.807, 2.05) is 25.1 Å². The summed E-state index contributed by atoms with van der Waals surface area (Å²) in [5.74, 6) is 0.987. The highest BCUT2D eigenvalue weighted by molar-refractivity contribution is 8.14. The maximum atomic E-state index is 12.4. The Labute approximate surface area is 146 Å². The minimum Gasteiger partial charge on any atom is -0.548 e. The van der Waals surface area contributed by atoms with Crippen LogP contribution in [0.3, 0.4) is 0 Å². The number of benzene rings is 1. The zero-order valence-corrected chi connectivity index (χ0v) is 17.3. The van der Waals surface area contributed by atoms with Crippen LogP contribution in [0.15, 0.2) is 42.2 Å². The summed E-state index contributed by atoms with van der Waals surface area (Å²) in [5, 5.41) is 0.225. The van der Waals surface area contributed by atoms with Crippen molar-refractivity contribution in [3.63, 3.8) is 0 Å². The molecule has 0 saturated heterocycles. The fourth-order valence-corrected chi connectivity index (χ4v) is 4.32. The molecule has 0 aliphatic rings. The van der Waals surface area contributed by atoms with Crippen molar-refractivity contribution in [3.8, 4) is 0 Å². The Morgan fingerprint density at radius 2 is 1.78 bits per heavy atom. The normalized spacial score (nSPS) is 14.5. The van der Waals surface area contributed by atoms with Crippen molar-refractivity contribution in [1.29, 1.82) is 0 Å². The fraction of sp³-hybridized carbons (Fsp3) is 0.526. The number of hydrogen-bond acceptors (Lipinski definition) is 3. The Bertz CT molecular complexity index is 539. The molecule has 0 amide bonds. The number of hydrogen-bond donors (Lipinski definition) is 0. The summed E-state index contributed by atoms with van der Waals surface area (Å²) >= 11 is 1.42. The lowest BCUT2D eigenvalue weighted by Crippen LogP contribution is -2.24. The second kappa shape index (κ2) is 8.20. The first kappa shape index (κ1) is 20.0. The van der Waals surface area contributed by atoms with Gasteiger partial charge in [-0.25, -0.2) is 0 Å². The minimum atomic E-state index is -1.62. The first-order chi connectivity index (χ1) is 10.5. The number of thioether (sulfide) groups is 1. The highest BCUT2D eigenvalue weighted by Gasteiger charge is 2.22. The number of carbonyl (C=O) groups excluding carboxylic acids is 1. The van der Waals surface area contributed by atoms with Crippen LogP contribution in [0.4, 0.5) is 0 Å². The maximum Gasteiger partial charge on any atom is 0.241 e. The van der Waals surface area contributed by atoms with Crippen molar-refractivity contribution in [2.45, 2.75) is 64.4 Å². The largest absolute Gasteiger partial charge is 0.548 e. The Morgan fingerprint density at radius 1 is 1.22 bits per heavy atom. The molecule has 0 aliphatic heterocycles. The van der Waals surface area contributed by atoms with Gasteiger partial charge in [0.05, 0.1) is 5.76 Å². The predicted octanol–water partition coefficient (Wildman–Crippen LogP) is 5.97. The minimum absolute atomic E-state index is 0.0497. The van der Waals surface area contributed by atoms with Gasteiger partial charge in [-0.3, -0.25) is 4.79 Å². The number of allylic oxidation sites excluding steroid dienone is 2. The average Bonchev–Trinajstić information content (AvgIpc) is 2.34. The lowest BCUT2D eigenvalue weighted by atomic mass is 9.95. The van der Waals surface area contributed by atoms with Crippen LogP contribution in [0.25, 0.3) is 0 Å². The monoisotopic (exact) mass is 350 g/mol. The van der Waals surface area contributed by atoms with Crippen molar-refractivity contribution >= 4 is 25.2 Å². The van der Waals surface area contributed by atoms with Crippen molar-refractivity contribution < 1.29 is 9.22 Å². The van der Waals surface area contributed by atoms with Crippen LogP contribution in [0, 0.1) is 0 Å². The smallest absolute Gasteiger partial charge is 0.241 e. The third kappa shape index (κ3) is 9.01. The molecule has 0 aliphatic carbocycles. The quantitative estimate of drug-likeness (QED) is 0.467. The summed E-state index contributed by atoms with van der Waals surface area (Å²) in [6.45, 7) is 14.7. The molecule has 0 fully saturated rings. The maximum absolute atomic E-state index is 12.4. The second-order valence-corrected chi connectivity index (χ2v) is 14.1. The lowest BCUT2D eigenvalue weighted by Gasteiger charge is -2.22. The van der Waals surface area contributed by atoms with Crippen molar-refractivity contribution in [1.82, 2.24) is 0 Å². The van der Waals surface area contributed by atoms with Crippen LogP contribution in [0.1, 0.15) is 45.6 Å². The Morgan fingerprint density at radius 3 is 2.26 bits per heavy atom. The SMILES string of the molecule is CC(=C[C@@H](CC(=O)SC(C)(C)C)c1ccccc1)O[Si](C)(C)C. The van der Waals surface area contributed by atoms with Gasteiger partial charge in [-0.2, -0.15) is 0 Å². The van der Waals surface area contributed by atoms with Gasteiger partial charge >= 0.3 is 0 Å². The fourth-order valence-electron chi connectivity index (χ4n) is 2.34. The van der Waals surface area contributed by atoms with Gasteiger partial charge in [0.15, 0.2) is 5.12 Å². The molecule has 0 unspecified atom stereocenters. The summed E-state index contributed by atoms with van der Waals surface area (Å²) in [6, 6.07) is 10.2. The van der Waals surface area contributed by atoms with Crippen LogP contribution in [-0.4, -0.2) is 18.2 Å². The molecule has 1 aromatic rings. The van der Waals surface area contributed by atoms with Crippen LogP contribution in [0.5, 0.6) is 0 Å². The van der Waals surface area contributed by atoms with Crippen molar-refractivity contribution in [2.75, 3.05) is 0 Å². The van der Waals surface area contributed by atoms with E-state index in [0.717, 1.165) is 11.3 Å². The molecule has 0 spiro atoms. The summed E-state index contributed by atoms with van der Waals surface area (Å²) in [5.41, 5.74) is 1.16. The van der Waals surface area contributed by atoms with E-state index in [0.29, 0.717) is 6.42 Å². The second-order valence-electron chi connectivity index (χ2n) is 7.80. The zero-order chi connectivity index (χ0) is 17.7. The molecule has 0 N–H and O–H groups in total. The molecule has 1 aromatic carbocycles. The molecule has 0 saturated carbocycles. The molecule has 1 rings (SSSR count). The van der Waals surface area contributed by atoms with E-state index >= 15 is 0 Å². The van der Waals surface area contributed by atoms with Crippen molar-refractivity contribution in [2.24, 2.45) is 0 Å². The first-order valence-electron chi connectivity index (χ1n) is 8.10. The first-order valence-corrected chi connectivity index (χ1v) is 12.3. The molecule has 128 valence electrons. The molecule has 1 atom stereocenters. The van der Waals surface area contributed by atoms with E-state index in [1.165, 1.54) is 11.8 Å². The van der Waals surface area contributed by atoms with Gasteiger partial charge in [0.1, 0.15) is 0 Å². The van der Waals surface area contributed by atoms with E-state index in [9.17, 15) is 4.79 Å². The Hall–Kier alpha value is -1.00. The van der Waals surface area contributed by atoms with Crippen LogP contribution >= 0.6 is 11.8 Å². The van der Waals surface area contributed by atoms with E-state index in [4.69, 9.17) is 4.43 Å². The third-order valence-corrected chi connectivity index (χ3v) is 4.88. The summed E-state index contributed by atoms with van der Waals surface area (Å²) in [4.78, 5) is 12.4. The molecular formula is C19H30O2SSi. The van der Waals surface area contributed by atoms with E-state index in [1.54, 1.807) is 0 Å². The highest BCUT2D eigenvalue weighted by Crippen LogP contribution is 2.31. The molecule has 0 heterocycles. The predicted molar refractivity (Wildman–Crippen MR) is 104 cm³/mol. The summed E-state index contributed by atoms with van der Waals surface area (Å²) in [7, 11) is -1.62. The summed E-state index contributed by atoms with van der Waals surface area (Å²) < 4.78 is 6.00. The van der Waals surface area contributed by atoms with Crippen molar-refractivity contribution in [3.05, 3.63) is 47.7 Å².